The molecule has 1 amide bonds. The van der Waals surface area contributed by atoms with Crippen molar-refractivity contribution in [1.29, 1.82) is 0 Å². The highest BCUT2D eigenvalue weighted by molar-refractivity contribution is 5.95. The molecule has 1 heterocycles. The lowest BCUT2D eigenvalue weighted by atomic mass is 10.2. The van der Waals surface area contributed by atoms with Gasteiger partial charge in [0.25, 0.3) is 11.5 Å². The van der Waals surface area contributed by atoms with Crippen molar-refractivity contribution in [2.75, 3.05) is 11.5 Å². The van der Waals surface area contributed by atoms with Gasteiger partial charge < -0.3 is 9.64 Å². The van der Waals surface area contributed by atoms with Gasteiger partial charge in [0.1, 0.15) is 0 Å². The zero-order valence-electron chi connectivity index (χ0n) is 16.4. The topological polar surface area (TPSA) is 81.5 Å². The Morgan fingerprint density at radius 2 is 1.76 bits per heavy atom. The molecule has 0 saturated carbocycles. The van der Waals surface area contributed by atoms with E-state index in [-0.39, 0.29) is 37.1 Å². The molecule has 7 nitrogen and oxygen atoms in total. The zero-order valence-corrected chi connectivity index (χ0v) is 16.4. The molecule has 0 bridgehead atoms. The maximum absolute atomic E-state index is 12.5. The molecule has 0 radical (unpaired) electrons. The number of benzene rings is 2. The second kappa shape index (κ2) is 9.14. The van der Waals surface area contributed by atoms with Crippen molar-refractivity contribution in [1.82, 2.24) is 9.55 Å². The molecule has 0 aliphatic rings. The summed E-state index contributed by atoms with van der Waals surface area (Å²) in [7, 11) is 0. The molecule has 0 unspecified atom stereocenters. The van der Waals surface area contributed by atoms with E-state index in [4.69, 9.17) is 4.74 Å². The minimum atomic E-state index is -0.546. The molecule has 0 spiro atoms. The molecule has 29 heavy (non-hydrogen) atoms. The van der Waals surface area contributed by atoms with Gasteiger partial charge in [-0.15, -0.1) is 0 Å². The summed E-state index contributed by atoms with van der Waals surface area (Å²) in [5.74, 6) is -0.848. The predicted octanol–water partition coefficient (Wildman–Crippen LogP) is 2.77. The number of ether oxygens (including phenoxy) is 1. The Bertz CT molecular complexity index is 1060. The Hall–Kier alpha value is -3.48. The van der Waals surface area contributed by atoms with E-state index in [1.54, 1.807) is 23.1 Å². The van der Waals surface area contributed by atoms with E-state index >= 15 is 0 Å². The predicted molar refractivity (Wildman–Crippen MR) is 111 cm³/mol. The molecular formula is C22H23N3O4. The highest BCUT2D eigenvalue weighted by Crippen LogP contribution is 2.16. The van der Waals surface area contributed by atoms with Crippen LogP contribution in [0.4, 0.5) is 5.69 Å². The van der Waals surface area contributed by atoms with Crippen molar-refractivity contribution in [2.45, 2.75) is 32.9 Å². The van der Waals surface area contributed by atoms with E-state index in [9.17, 15) is 14.4 Å². The molecule has 0 N–H and O–H groups in total. The van der Waals surface area contributed by atoms with Gasteiger partial charge in [-0.2, -0.15) is 0 Å². The Morgan fingerprint density at radius 1 is 1.07 bits per heavy atom. The largest absolute Gasteiger partial charge is 0.455 e. The van der Waals surface area contributed by atoms with Gasteiger partial charge in [-0.3, -0.25) is 19.0 Å². The van der Waals surface area contributed by atoms with Crippen molar-refractivity contribution in [3.63, 3.8) is 0 Å². The van der Waals surface area contributed by atoms with Crippen molar-refractivity contribution in [3.05, 3.63) is 71.3 Å². The summed E-state index contributed by atoms with van der Waals surface area (Å²) in [6.07, 6.45) is 1.39. The summed E-state index contributed by atoms with van der Waals surface area (Å²) in [5.41, 5.74) is 1.14. The lowest BCUT2D eigenvalue weighted by molar-refractivity contribution is -0.148. The number of para-hydroxylation sites is 2. The van der Waals surface area contributed by atoms with Gasteiger partial charge in [-0.25, -0.2) is 4.98 Å². The van der Waals surface area contributed by atoms with Crippen LogP contribution in [0.2, 0.25) is 0 Å². The second-order valence-electron chi connectivity index (χ2n) is 6.86. The summed E-state index contributed by atoms with van der Waals surface area (Å²) in [5, 5.41) is 0.494. The molecule has 7 heteroatoms. The summed E-state index contributed by atoms with van der Waals surface area (Å²) in [4.78, 5) is 42.9. The highest BCUT2D eigenvalue weighted by atomic mass is 16.5. The fourth-order valence-electron chi connectivity index (χ4n) is 3.08. The maximum atomic E-state index is 12.5. The normalized spacial score (nSPS) is 10.9. The van der Waals surface area contributed by atoms with Crippen LogP contribution >= 0.6 is 0 Å². The smallest absolute Gasteiger partial charge is 0.308 e. The maximum Gasteiger partial charge on any atom is 0.308 e. The lowest BCUT2D eigenvalue weighted by Crippen LogP contribution is -2.40. The molecule has 2 aromatic carbocycles. The van der Waals surface area contributed by atoms with Gasteiger partial charge in [0.15, 0.2) is 6.61 Å². The van der Waals surface area contributed by atoms with Crippen LogP contribution in [0.15, 0.2) is 65.7 Å². The molecule has 0 fully saturated rings. The van der Waals surface area contributed by atoms with Crippen LogP contribution in [-0.2, 0) is 20.9 Å². The Kier molecular flexibility index (Phi) is 6.39. The molecule has 0 aliphatic heterocycles. The standard InChI is InChI=1S/C22H23N3O4/c1-16(2)25(17-8-4-3-5-9-17)20(26)14-29-21(27)12-13-24-15-23-19-11-7-6-10-18(19)22(24)28/h3-11,15-16H,12-14H2,1-2H3. The Morgan fingerprint density at radius 3 is 2.48 bits per heavy atom. The van der Waals surface area contributed by atoms with Crippen LogP contribution in [0.25, 0.3) is 10.9 Å². The van der Waals surface area contributed by atoms with E-state index in [2.05, 4.69) is 4.98 Å². The minimum absolute atomic E-state index is 0.0276. The first-order valence-corrected chi connectivity index (χ1v) is 9.44. The third kappa shape index (κ3) is 4.87. The van der Waals surface area contributed by atoms with E-state index in [1.165, 1.54) is 10.9 Å². The van der Waals surface area contributed by atoms with Crippen LogP contribution in [0, 0.1) is 0 Å². The molecule has 0 aliphatic carbocycles. The summed E-state index contributed by atoms with van der Waals surface area (Å²) in [6.45, 7) is 3.57. The molecular weight excluding hydrogens is 370 g/mol. The van der Waals surface area contributed by atoms with Gasteiger partial charge in [-0.1, -0.05) is 30.3 Å². The first-order valence-electron chi connectivity index (χ1n) is 9.44. The summed E-state index contributed by atoms with van der Waals surface area (Å²) < 4.78 is 6.51. The number of nitrogens with zero attached hydrogens (tertiary/aromatic N) is 3. The number of rotatable bonds is 7. The molecule has 3 aromatic rings. The highest BCUT2D eigenvalue weighted by Gasteiger charge is 2.20. The number of hydrogen-bond acceptors (Lipinski definition) is 5. The van der Waals surface area contributed by atoms with Crippen molar-refractivity contribution in [3.8, 4) is 0 Å². The third-order valence-corrected chi connectivity index (χ3v) is 4.46. The Labute approximate surface area is 168 Å². The van der Waals surface area contributed by atoms with Crippen LogP contribution < -0.4 is 10.5 Å². The van der Waals surface area contributed by atoms with Gasteiger partial charge in [0, 0.05) is 18.3 Å². The van der Waals surface area contributed by atoms with Crippen LogP contribution in [0.3, 0.4) is 0 Å². The third-order valence-electron chi connectivity index (χ3n) is 4.46. The number of aromatic nitrogens is 2. The molecule has 150 valence electrons. The number of fused-ring (bicyclic) bond motifs is 1. The number of carbonyl (C=O) groups excluding carboxylic acids is 2. The van der Waals surface area contributed by atoms with Crippen molar-refractivity contribution in [2.24, 2.45) is 0 Å². The van der Waals surface area contributed by atoms with Crippen molar-refractivity contribution >= 4 is 28.5 Å². The first-order chi connectivity index (χ1) is 14.0. The van der Waals surface area contributed by atoms with Crippen LogP contribution in [-0.4, -0.2) is 34.1 Å². The molecule has 3 rings (SSSR count). The number of aryl methyl sites for hydroxylation is 1. The molecule has 1 aromatic heterocycles. The summed E-state index contributed by atoms with van der Waals surface area (Å²) >= 11 is 0. The average molecular weight is 393 g/mol. The fourth-order valence-corrected chi connectivity index (χ4v) is 3.08. The van der Waals surface area contributed by atoms with Gasteiger partial charge >= 0.3 is 5.97 Å². The van der Waals surface area contributed by atoms with E-state index < -0.39 is 5.97 Å². The van der Waals surface area contributed by atoms with Gasteiger partial charge in [0.05, 0.1) is 23.7 Å². The Balaban J connectivity index is 1.58. The molecule has 0 atom stereocenters. The number of esters is 1. The van der Waals surface area contributed by atoms with Crippen LogP contribution in [0.1, 0.15) is 20.3 Å². The number of anilines is 1. The number of hydrogen-bond donors (Lipinski definition) is 0. The SMILES string of the molecule is CC(C)N(C(=O)COC(=O)CCn1cnc2ccccc2c1=O)c1ccccc1. The van der Waals surface area contributed by atoms with E-state index in [0.29, 0.717) is 10.9 Å². The lowest BCUT2D eigenvalue weighted by Gasteiger charge is -2.26. The zero-order chi connectivity index (χ0) is 20.8. The second-order valence-corrected chi connectivity index (χ2v) is 6.86. The van der Waals surface area contributed by atoms with Crippen LogP contribution in [0.5, 0.6) is 0 Å². The minimum Gasteiger partial charge on any atom is -0.455 e. The quantitative estimate of drug-likeness (QED) is 0.577. The molecule has 0 saturated heterocycles. The monoisotopic (exact) mass is 393 g/mol. The van der Waals surface area contributed by atoms with Gasteiger partial charge in [0.2, 0.25) is 0 Å². The summed E-state index contributed by atoms with van der Waals surface area (Å²) in [6, 6.07) is 16.2. The average Bonchev–Trinajstić information content (AvgIpc) is 2.72. The van der Waals surface area contributed by atoms with Crippen molar-refractivity contribution < 1.29 is 14.3 Å². The van der Waals surface area contributed by atoms with Gasteiger partial charge in [-0.05, 0) is 38.1 Å². The van der Waals surface area contributed by atoms with E-state index in [0.717, 1.165) is 5.69 Å². The fraction of sp³-hybridized carbons (Fsp3) is 0.273. The number of carbonyl (C=O) groups is 2. The number of amides is 1. The first kappa shape index (κ1) is 20.3. The van der Waals surface area contributed by atoms with E-state index in [1.807, 2.05) is 50.2 Å².